The number of nitriles is 1. The quantitative estimate of drug-likeness (QED) is 0.871. The summed E-state index contributed by atoms with van der Waals surface area (Å²) in [5.74, 6) is -0.314. The second-order valence-corrected chi connectivity index (χ2v) is 6.03. The fraction of sp³-hybridized carbons (Fsp3) is 0.211. The van der Waals surface area contributed by atoms with Gasteiger partial charge in [0, 0.05) is 23.7 Å². The Balaban J connectivity index is 2.26. The summed E-state index contributed by atoms with van der Waals surface area (Å²) in [7, 11) is 1.47. The molecule has 0 heterocycles. The number of carbonyl (C=O) groups excluding carboxylic acids is 2. The standard InChI is InChI=1S/C19H18ClN3O3/c1-12-7-17(18(26-3)9-16(12)20)23(13(2)24)11-19(25)22-15-6-4-5-14(8-15)10-21/h4-9H,11H2,1-3H3,(H,22,25). The number of methoxy groups -OCH3 is 1. The van der Waals surface area contributed by atoms with Gasteiger partial charge in [-0.05, 0) is 36.8 Å². The Kier molecular flexibility index (Phi) is 6.21. The molecule has 0 aliphatic heterocycles. The van der Waals surface area contributed by atoms with Crippen LogP contribution >= 0.6 is 11.6 Å². The number of hydrogen-bond acceptors (Lipinski definition) is 4. The zero-order chi connectivity index (χ0) is 19.3. The smallest absolute Gasteiger partial charge is 0.244 e. The first kappa shape index (κ1) is 19.3. The molecule has 2 aromatic rings. The van der Waals surface area contributed by atoms with Crippen molar-refractivity contribution < 1.29 is 14.3 Å². The molecule has 0 saturated heterocycles. The normalized spacial score (nSPS) is 9.96. The summed E-state index contributed by atoms with van der Waals surface area (Å²) in [6, 6.07) is 11.9. The van der Waals surface area contributed by atoms with Gasteiger partial charge < -0.3 is 10.1 Å². The lowest BCUT2D eigenvalue weighted by atomic mass is 10.1. The first-order valence-corrected chi connectivity index (χ1v) is 8.15. The molecule has 7 heteroatoms. The lowest BCUT2D eigenvalue weighted by molar-refractivity contribution is -0.120. The van der Waals surface area contributed by atoms with Crippen LogP contribution in [-0.4, -0.2) is 25.5 Å². The van der Waals surface area contributed by atoms with Crippen LogP contribution in [0.5, 0.6) is 5.75 Å². The van der Waals surface area contributed by atoms with E-state index in [9.17, 15) is 9.59 Å². The Labute approximate surface area is 156 Å². The molecule has 0 saturated carbocycles. The highest BCUT2D eigenvalue weighted by Crippen LogP contribution is 2.33. The largest absolute Gasteiger partial charge is 0.495 e. The molecular formula is C19H18ClN3O3. The van der Waals surface area contributed by atoms with Crippen molar-refractivity contribution in [1.82, 2.24) is 0 Å². The third-order valence-electron chi connectivity index (χ3n) is 3.71. The van der Waals surface area contributed by atoms with Crippen LogP contribution in [0.3, 0.4) is 0 Å². The van der Waals surface area contributed by atoms with Gasteiger partial charge in [0.25, 0.3) is 0 Å². The van der Waals surface area contributed by atoms with Gasteiger partial charge in [-0.1, -0.05) is 17.7 Å². The van der Waals surface area contributed by atoms with Crippen molar-refractivity contribution in [1.29, 1.82) is 5.26 Å². The minimum atomic E-state index is -0.398. The number of hydrogen-bond donors (Lipinski definition) is 1. The van der Waals surface area contributed by atoms with E-state index in [1.807, 2.05) is 6.07 Å². The van der Waals surface area contributed by atoms with Gasteiger partial charge in [0.15, 0.2) is 0 Å². The van der Waals surface area contributed by atoms with Gasteiger partial charge in [0.2, 0.25) is 11.8 Å². The van der Waals surface area contributed by atoms with Crippen molar-refractivity contribution >= 4 is 34.8 Å². The molecule has 26 heavy (non-hydrogen) atoms. The molecule has 0 aromatic heterocycles. The van der Waals surface area contributed by atoms with Crippen molar-refractivity contribution in [2.45, 2.75) is 13.8 Å². The monoisotopic (exact) mass is 371 g/mol. The van der Waals surface area contributed by atoms with Gasteiger partial charge in [-0.25, -0.2) is 0 Å². The van der Waals surface area contributed by atoms with Gasteiger partial charge in [-0.3, -0.25) is 14.5 Å². The number of carbonyl (C=O) groups is 2. The number of aryl methyl sites for hydroxylation is 1. The van der Waals surface area contributed by atoms with Crippen molar-refractivity contribution in [2.24, 2.45) is 0 Å². The third kappa shape index (κ3) is 4.52. The molecule has 0 atom stereocenters. The van der Waals surface area contributed by atoms with E-state index in [0.717, 1.165) is 5.56 Å². The molecule has 0 bridgehead atoms. The van der Waals surface area contributed by atoms with Crippen molar-refractivity contribution in [3.8, 4) is 11.8 Å². The second kappa shape index (κ2) is 8.37. The van der Waals surface area contributed by atoms with Crippen LogP contribution in [0.4, 0.5) is 11.4 Å². The summed E-state index contributed by atoms with van der Waals surface area (Å²) < 4.78 is 5.30. The van der Waals surface area contributed by atoms with E-state index in [0.29, 0.717) is 27.7 Å². The highest BCUT2D eigenvalue weighted by atomic mass is 35.5. The maximum absolute atomic E-state index is 12.4. The average molecular weight is 372 g/mol. The molecule has 2 amide bonds. The molecule has 0 radical (unpaired) electrons. The number of benzene rings is 2. The molecule has 134 valence electrons. The summed E-state index contributed by atoms with van der Waals surface area (Å²) in [6.45, 7) is 2.97. The zero-order valence-corrected chi connectivity index (χ0v) is 15.4. The lowest BCUT2D eigenvalue weighted by Crippen LogP contribution is -2.37. The molecule has 6 nitrogen and oxygen atoms in total. The van der Waals surface area contributed by atoms with Gasteiger partial charge in [-0.2, -0.15) is 5.26 Å². The van der Waals surface area contributed by atoms with Gasteiger partial charge in [0.1, 0.15) is 12.3 Å². The predicted octanol–water partition coefficient (Wildman–Crippen LogP) is 3.52. The summed E-state index contributed by atoms with van der Waals surface area (Å²) in [4.78, 5) is 25.8. The van der Waals surface area contributed by atoms with Crippen LogP contribution in [-0.2, 0) is 9.59 Å². The van der Waals surface area contributed by atoms with E-state index in [-0.39, 0.29) is 12.5 Å². The minimum Gasteiger partial charge on any atom is -0.495 e. The van der Waals surface area contributed by atoms with Crippen LogP contribution in [0.2, 0.25) is 5.02 Å². The number of rotatable bonds is 5. The van der Waals surface area contributed by atoms with Crippen molar-refractivity contribution in [3.05, 3.63) is 52.5 Å². The number of halogens is 1. The summed E-state index contributed by atoms with van der Waals surface area (Å²) in [5.41, 5.74) is 2.14. The van der Waals surface area contributed by atoms with E-state index < -0.39 is 5.91 Å². The fourth-order valence-corrected chi connectivity index (χ4v) is 2.55. The fourth-order valence-electron chi connectivity index (χ4n) is 2.40. The predicted molar refractivity (Wildman–Crippen MR) is 101 cm³/mol. The van der Waals surface area contributed by atoms with Crippen molar-refractivity contribution in [3.63, 3.8) is 0 Å². The maximum Gasteiger partial charge on any atom is 0.244 e. The summed E-state index contributed by atoms with van der Waals surface area (Å²) >= 11 is 6.10. The van der Waals surface area contributed by atoms with E-state index in [1.165, 1.54) is 18.9 Å². The van der Waals surface area contributed by atoms with Crippen LogP contribution in [0.25, 0.3) is 0 Å². The molecule has 2 rings (SSSR count). The number of ether oxygens (including phenoxy) is 1. The van der Waals surface area contributed by atoms with Crippen LogP contribution in [0, 0.1) is 18.3 Å². The van der Waals surface area contributed by atoms with Crippen molar-refractivity contribution in [2.75, 3.05) is 23.9 Å². The zero-order valence-electron chi connectivity index (χ0n) is 14.7. The Hall–Kier alpha value is -3.04. The molecule has 2 aromatic carbocycles. The van der Waals surface area contributed by atoms with Crippen LogP contribution in [0.15, 0.2) is 36.4 Å². The number of nitrogens with zero attached hydrogens (tertiary/aromatic N) is 2. The summed E-state index contributed by atoms with van der Waals surface area (Å²) in [5, 5.41) is 12.1. The Morgan fingerprint density at radius 1 is 1.31 bits per heavy atom. The molecular weight excluding hydrogens is 354 g/mol. The molecule has 0 fully saturated rings. The highest BCUT2D eigenvalue weighted by molar-refractivity contribution is 6.31. The maximum atomic E-state index is 12.4. The first-order valence-electron chi connectivity index (χ1n) is 7.78. The topological polar surface area (TPSA) is 82.4 Å². The Morgan fingerprint density at radius 2 is 2.04 bits per heavy atom. The first-order chi connectivity index (χ1) is 12.3. The van der Waals surface area contributed by atoms with Gasteiger partial charge in [-0.15, -0.1) is 0 Å². The van der Waals surface area contributed by atoms with Crippen LogP contribution in [0.1, 0.15) is 18.1 Å². The average Bonchev–Trinajstić information content (AvgIpc) is 2.61. The van der Waals surface area contributed by atoms with E-state index in [2.05, 4.69) is 5.32 Å². The SMILES string of the molecule is COc1cc(Cl)c(C)cc1N(CC(=O)Nc1cccc(C#N)c1)C(C)=O. The molecule has 0 aliphatic carbocycles. The summed E-state index contributed by atoms with van der Waals surface area (Å²) in [6.07, 6.45) is 0. The second-order valence-electron chi connectivity index (χ2n) is 5.62. The van der Waals surface area contributed by atoms with Crippen LogP contribution < -0.4 is 15.0 Å². The lowest BCUT2D eigenvalue weighted by Gasteiger charge is -2.23. The van der Waals surface area contributed by atoms with E-state index in [1.54, 1.807) is 43.3 Å². The highest BCUT2D eigenvalue weighted by Gasteiger charge is 2.21. The number of amides is 2. The van der Waals surface area contributed by atoms with E-state index >= 15 is 0 Å². The Morgan fingerprint density at radius 3 is 2.65 bits per heavy atom. The molecule has 0 spiro atoms. The molecule has 0 aliphatic rings. The van der Waals surface area contributed by atoms with Gasteiger partial charge in [0.05, 0.1) is 24.4 Å². The molecule has 1 N–H and O–H groups in total. The number of anilines is 2. The third-order valence-corrected chi connectivity index (χ3v) is 4.12. The minimum absolute atomic E-state index is 0.205. The number of nitrogens with one attached hydrogen (secondary N) is 1. The Bertz CT molecular complexity index is 890. The molecule has 0 unspecified atom stereocenters. The van der Waals surface area contributed by atoms with Gasteiger partial charge >= 0.3 is 0 Å². The van der Waals surface area contributed by atoms with E-state index in [4.69, 9.17) is 21.6 Å².